The number of benzene rings is 1. The molecule has 0 aliphatic heterocycles. The van der Waals surface area contributed by atoms with Crippen molar-refractivity contribution in [2.75, 3.05) is 18.1 Å². The van der Waals surface area contributed by atoms with Crippen molar-refractivity contribution in [2.45, 2.75) is 13.3 Å². The average molecular weight is 299 g/mol. The maximum Gasteiger partial charge on any atom is 0.0379 e. The summed E-state index contributed by atoms with van der Waals surface area (Å²) in [4.78, 5) is 0. The lowest BCUT2D eigenvalue weighted by molar-refractivity contribution is 0.890. The highest BCUT2D eigenvalue weighted by molar-refractivity contribution is 7.36. The monoisotopic (exact) mass is 299 g/mol. The first-order chi connectivity index (χ1) is 10.2. The van der Waals surface area contributed by atoms with Gasteiger partial charge in [0.15, 0.2) is 0 Å². The molecule has 1 aromatic carbocycles. The van der Waals surface area contributed by atoms with Crippen LogP contribution in [0.4, 0.5) is 5.69 Å². The van der Waals surface area contributed by atoms with Crippen LogP contribution >= 0.6 is 8.58 Å². The molecule has 0 radical (unpaired) electrons. The van der Waals surface area contributed by atoms with Gasteiger partial charge in [0.2, 0.25) is 0 Å². The third-order valence-corrected chi connectivity index (χ3v) is 4.07. The van der Waals surface area contributed by atoms with Gasteiger partial charge in [-0.2, -0.15) is 0 Å². The summed E-state index contributed by atoms with van der Waals surface area (Å²) in [5.74, 6) is 0.317. The highest BCUT2D eigenvalue weighted by Gasteiger charge is 1.99. The fraction of sp³-hybridized carbons (Fsp3) is 0.263. The second-order valence-corrected chi connectivity index (χ2v) is 6.16. The van der Waals surface area contributed by atoms with Crippen molar-refractivity contribution in [3.63, 3.8) is 0 Å². The highest BCUT2D eigenvalue weighted by atomic mass is 31.1. The first-order valence-corrected chi connectivity index (χ1v) is 9.03. The van der Waals surface area contributed by atoms with Gasteiger partial charge in [0, 0.05) is 11.6 Å². The van der Waals surface area contributed by atoms with E-state index in [-0.39, 0.29) is 0 Å². The summed E-state index contributed by atoms with van der Waals surface area (Å²) in [6.07, 6.45) is 12.2. The molecule has 0 bridgehead atoms. The quantitative estimate of drug-likeness (QED) is 0.475. The molecule has 0 aromatic heterocycles. The van der Waals surface area contributed by atoms with Crippen LogP contribution in [-0.4, -0.2) is 12.8 Å². The van der Waals surface area contributed by atoms with E-state index in [0.29, 0.717) is 5.92 Å². The Morgan fingerprint density at radius 1 is 1.29 bits per heavy atom. The van der Waals surface area contributed by atoms with Crippen LogP contribution in [0, 0.1) is 5.92 Å². The fourth-order valence-electron chi connectivity index (χ4n) is 1.98. The second-order valence-electron chi connectivity index (χ2n) is 4.95. The number of hydrogen-bond donors (Lipinski definition) is 1. The third-order valence-electron chi connectivity index (χ3n) is 3.32. The largest absolute Gasteiger partial charge is 0.362 e. The minimum atomic E-state index is 0.317. The molecule has 1 nitrogen and oxygen atoms in total. The number of aryl methyl sites for hydroxylation is 1. The summed E-state index contributed by atoms with van der Waals surface area (Å²) in [6, 6.07) is 8.67. The Bertz CT molecular complexity index is 497. The molecule has 0 saturated heterocycles. The van der Waals surface area contributed by atoms with Crippen molar-refractivity contribution in [3.05, 3.63) is 79.1 Å². The standard InChI is InChI=1S/C19H26NP/c1-5-7-18(6-2)16(3)12-14-20-19-10-8-17(9-11-19)13-15-21-4/h5-12,14,16,20-21H,1-2,13,15H2,3-4H3/b14-12+,18-7+. The summed E-state index contributed by atoms with van der Waals surface area (Å²) in [5.41, 5.74) is 3.70. The van der Waals surface area contributed by atoms with E-state index in [2.05, 4.69) is 62.4 Å². The Morgan fingerprint density at radius 2 is 2.00 bits per heavy atom. The summed E-state index contributed by atoms with van der Waals surface area (Å²) in [5, 5.41) is 3.31. The lowest BCUT2D eigenvalue weighted by Crippen LogP contribution is -1.95. The predicted octanol–water partition coefficient (Wildman–Crippen LogP) is 5.40. The zero-order valence-corrected chi connectivity index (χ0v) is 14.1. The normalized spacial score (nSPS) is 13.7. The van der Waals surface area contributed by atoms with Crippen LogP contribution < -0.4 is 5.32 Å². The van der Waals surface area contributed by atoms with Gasteiger partial charge >= 0.3 is 0 Å². The van der Waals surface area contributed by atoms with Gasteiger partial charge in [0.1, 0.15) is 0 Å². The fourth-order valence-corrected chi connectivity index (χ4v) is 2.52. The van der Waals surface area contributed by atoms with Crippen molar-refractivity contribution in [3.8, 4) is 0 Å². The van der Waals surface area contributed by atoms with E-state index in [1.807, 2.05) is 18.4 Å². The van der Waals surface area contributed by atoms with Crippen LogP contribution in [0.1, 0.15) is 12.5 Å². The number of anilines is 1. The Kier molecular flexibility index (Phi) is 8.47. The molecule has 0 spiro atoms. The van der Waals surface area contributed by atoms with Gasteiger partial charge < -0.3 is 5.32 Å². The van der Waals surface area contributed by atoms with E-state index in [1.165, 1.54) is 23.7 Å². The van der Waals surface area contributed by atoms with Gasteiger partial charge in [0.05, 0.1) is 0 Å². The van der Waals surface area contributed by atoms with Crippen LogP contribution in [0.3, 0.4) is 0 Å². The van der Waals surface area contributed by atoms with Crippen LogP contribution in [-0.2, 0) is 6.42 Å². The maximum atomic E-state index is 3.83. The maximum absolute atomic E-state index is 3.83. The Balaban J connectivity index is 2.54. The molecule has 2 unspecified atom stereocenters. The van der Waals surface area contributed by atoms with Crippen LogP contribution in [0.15, 0.2) is 73.5 Å². The number of nitrogens with one attached hydrogen (secondary N) is 1. The molecule has 2 atom stereocenters. The minimum absolute atomic E-state index is 0.317. The highest BCUT2D eigenvalue weighted by Crippen LogP contribution is 2.15. The SMILES string of the molecule is C=C/C=C(\C=C)C(C)/C=C/Nc1ccc(CCPC)cc1. The molecule has 0 fully saturated rings. The van der Waals surface area contributed by atoms with Crippen molar-refractivity contribution in [2.24, 2.45) is 5.92 Å². The number of allylic oxidation sites excluding steroid dienone is 5. The second kappa shape index (κ2) is 10.2. The Morgan fingerprint density at radius 3 is 2.57 bits per heavy atom. The van der Waals surface area contributed by atoms with Gasteiger partial charge in [-0.15, -0.1) is 8.58 Å². The molecule has 2 heteroatoms. The molecular weight excluding hydrogens is 273 g/mol. The summed E-state index contributed by atoms with van der Waals surface area (Å²) in [7, 11) is 1.03. The molecule has 0 aliphatic rings. The summed E-state index contributed by atoms with van der Waals surface area (Å²) >= 11 is 0. The first-order valence-electron chi connectivity index (χ1n) is 7.33. The van der Waals surface area contributed by atoms with Gasteiger partial charge in [-0.1, -0.05) is 56.5 Å². The predicted molar refractivity (Wildman–Crippen MR) is 99.7 cm³/mol. The van der Waals surface area contributed by atoms with E-state index in [1.54, 1.807) is 6.08 Å². The van der Waals surface area contributed by atoms with Crippen molar-refractivity contribution in [1.29, 1.82) is 0 Å². The van der Waals surface area contributed by atoms with Crippen LogP contribution in [0.2, 0.25) is 0 Å². The van der Waals surface area contributed by atoms with Gasteiger partial charge in [0.25, 0.3) is 0 Å². The summed E-state index contributed by atoms with van der Waals surface area (Å²) in [6.45, 7) is 11.9. The van der Waals surface area contributed by atoms with Crippen molar-refractivity contribution < 1.29 is 0 Å². The van der Waals surface area contributed by atoms with Gasteiger partial charge in [-0.25, -0.2) is 0 Å². The van der Waals surface area contributed by atoms with E-state index in [4.69, 9.17) is 0 Å². The molecule has 0 heterocycles. The minimum Gasteiger partial charge on any atom is -0.362 e. The lowest BCUT2D eigenvalue weighted by atomic mass is 10.0. The van der Waals surface area contributed by atoms with Crippen LogP contribution in [0.25, 0.3) is 0 Å². The smallest absolute Gasteiger partial charge is 0.0379 e. The lowest BCUT2D eigenvalue weighted by Gasteiger charge is -2.08. The third kappa shape index (κ3) is 6.60. The number of rotatable bonds is 9. The zero-order valence-electron chi connectivity index (χ0n) is 13.1. The Labute approximate surface area is 131 Å². The molecule has 1 N–H and O–H groups in total. The molecule has 0 saturated carbocycles. The molecule has 0 aliphatic carbocycles. The number of hydrogen-bond acceptors (Lipinski definition) is 1. The van der Waals surface area contributed by atoms with Crippen LogP contribution in [0.5, 0.6) is 0 Å². The van der Waals surface area contributed by atoms with E-state index >= 15 is 0 Å². The average Bonchev–Trinajstić information content (AvgIpc) is 2.51. The van der Waals surface area contributed by atoms with Crippen molar-refractivity contribution >= 4 is 14.3 Å². The zero-order chi connectivity index (χ0) is 15.5. The van der Waals surface area contributed by atoms with E-state index < -0.39 is 0 Å². The molecule has 1 aromatic rings. The molecular formula is C19H26NP. The van der Waals surface area contributed by atoms with Gasteiger partial charge in [-0.3, -0.25) is 0 Å². The van der Waals surface area contributed by atoms with Crippen molar-refractivity contribution in [1.82, 2.24) is 0 Å². The molecule has 1 rings (SSSR count). The molecule has 112 valence electrons. The van der Waals surface area contributed by atoms with E-state index in [9.17, 15) is 0 Å². The van der Waals surface area contributed by atoms with Gasteiger partial charge in [-0.05, 0) is 48.7 Å². The molecule has 0 amide bonds. The first kappa shape index (κ1) is 17.5. The topological polar surface area (TPSA) is 12.0 Å². The Hall–Kier alpha value is -1.59. The summed E-state index contributed by atoms with van der Waals surface area (Å²) < 4.78 is 0. The van der Waals surface area contributed by atoms with E-state index in [0.717, 1.165) is 14.3 Å². The molecule has 21 heavy (non-hydrogen) atoms.